The number of hydrogen-bond acceptors (Lipinski definition) is 3. The first-order chi connectivity index (χ1) is 9.54. The van der Waals surface area contributed by atoms with Crippen molar-refractivity contribution in [3.8, 4) is 0 Å². The van der Waals surface area contributed by atoms with Crippen LogP contribution in [-0.4, -0.2) is 39.7 Å². The van der Waals surface area contributed by atoms with E-state index in [1.54, 1.807) is 18.0 Å². The minimum atomic E-state index is -0.412. The number of aryl methyl sites for hydroxylation is 1. The summed E-state index contributed by atoms with van der Waals surface area (Å²) in [4.78, 5) is 14.3. The molecule has 0 aromatic carbocycles. The SMILES string of the molecule is CCCn1cc(N)cc1C(=O)N(C)C1CCCCC1O. The number of aromatic nitrogens is 1. The van der Waals surface area contributed by atoms with Crippen molar-refractivity contribution in [2.75, 3.05) is 12.8 Å². The van der Waals surface area contributed by atoms with Crippen LogP contribution in [-0.2, 0) is 6.54 Å². The topological polar surface area (TPSA) is 71.5 Å². The molecule has 5 nitrogen and oxygen atoms in total. The Morgan fingerprint density at radius 1 is 1.50 bits per heavy atom. The molecule has 0 radical (unpaired) electrons. The van der Waals surface area contributed by atoms with Crippen molar-refractivity contribution < 1.29 is 9.90 Å². The second kappa shape index (κ2) is 6.31. The molecule has 2 unspecified atom stereocenters. The summed E-state index contributed by atoms with van der Waals surface area (Å²) in [5.41, 5.74) is 7.04. The Labute approximate surface area is 120 Å². The van der Waals surface area contributed by atoms with E-state index in [1.807, 2.05) is 10.8 Å². The Hall–Kier alpha value is -1.49. The lowest BCUT2D eigenvalue weighted by atomic mass is 9.91. The highest BCUT2D eigenvalue weighted by Crippen LogP contribution is 2.24. The fourth-order valence-corrected chi connectivity index (χ4v) is 3.01. The molecule has 0 aliphatic heterocycles. The Kier molecular flexibility index (Phi) is 4.70. The number of likely N-dealkylation sites (N-methyl/N-ethyl adjacent to an activating group) is 1. The third kappa shape index (κ3) is 2.98. The second-order valence-electron chi connectivity index (χ2n) is 5.69. The highest BCUT2D eigenvalue weighted by atomic mass is 16.3. The molecule has 112 valence electrons. The van der Waals surface area contributed by atoms with Crippen LogP contribution in [0.1, 0.15) is 49.5 Å². The molecule has 0 saturated heterocycles. The van der Waals surface area contributed by atoms with Crippen LogP contribution in [0.2, 0.25) is 0 Å². The molecule has 1 amide bonds. The number of rotatable bonds is 4. The van der Waals surface area contributed by atoms with Gasteiger partial charge in [0.2, 0.25) is 0 Å². The van der Waals surface area contributed by atoms with Gasteiger partial charge in [-0.15, -0.1) is 0 Å². The minimum absolute atomic E-state index is 0.0545. The zero-order chi connectivity index (χ0) is 14.7. The van der Waals surface area contributed by atoms with Gasteiger partial charge >= 0.3 is 0 Å². The van der Waals surface area contributed by atoms with Gasteiger partial charge in [-0.25, -0.2) is 0 Å². The molecule has 1 aromatic rings. The van der Waals surface area contributed by atoms with Gasteiger partial charge < -0.3 is 20.3 Å². The number of carbonyl (C=O) groups is 1. The smallest absolute Gasteiger partial charge is 0.270 e. The van der Waals surface area contributed by atoms with E-state index in [-0.39, 0.29) is 11.9 Å². The van der Waals surface area contributed by atoms with Gasteiger partial charge in [-0.05, 0) is 25.3 Å². The van der Waals surface area contributed by atoms with Gasteiger partial charge in [0.1, 0.15) is 5.69 Å². The molecule has 20 heavy (non-hydrogen) atoms. The Bertz CT molecular complexity index is 470. The number of carbonyl (C=O) groups excluding carboxylic acids is 1. The predicted molar refractivity (Wildman–Crippen MR) is 79.5 cm³/mol. The number of nitrogen functional groups attached to an aromatic ring is 1. The van der Waals surface area contributed by atoms with Gasteiger partial charge in [-0.1, -0.05) is 19.8 Å². The van der Waals surface area contributed by atoms with Crippen molar-refractivity contribution in [3.05, 3.63) is 18.0 Å². The fourth-order valence-electron chi connectivity index (χ4n) is 3.01. The normalized spacial score (nSPS) is 22.8. The largest absolute Gasteiger partial charge is 0.397 e. The van der Waals surface area contributed by atoms with Crippen LogP contribution in [0.3, 0.4) is 0 Å². The highest BCUT2D eigenvalue weighted by molar-refractivity contribution is 5.94. The van der Waals surface area contributed by atoms with E-state index in [1.165, 1.54) is 0 Å². The number of anilines is 1. The maximum absolute atomic E-state index is 12.6. The van der Waals surface area contributed by atoms with E-state index in [9.17, 15) is 9.90 Å². The average molecular weight is 279 g/mol. The molecular weight excluding hydrogens is 254 g/mol. The number of hydrogen-bond donors (Lipinski definition) is 2. The Balaban J connectivity index is 2.17. The lowest BCUT2D eigenvalue weighted by Crippen LogP contribution is -2.46. The predicted octanol–water partition coefficient (Wildman–Crippen LogP) is 1.86. The second-order valence-corrected chi connectivity index (χ2v) is 5.69. The molecule has 0 spiro atoms. The molecule has 1 aliphatic rings. The summed E-state index contributed by atoms with van der Waals surface area (Å²) in [6, 6.07) is 1.64. The van der Waals surface area contributed by atoms with Gasteiger partial charge in [-0.3, -0.25) is 4.79 Å². The van der Waals surface area contributed by atoms with E-state index >= 15 is 0 Å². The first-order valence-electron chi connectivity index (χ1n) is 7.45. The molecule has 1 heterocycles. The maximum atomic E-state index is 12.6. The van der Waals surface area contributed by atoms with E-state index in [0.29, 0.717) is 11.4 Å². The van der Waals surface area contributed by atoms with Crippen molar-refractivity contribution in [3.63, 3.8) is 0 Å². The van der Waals surface area contributed by atoms with Crippen LogP contribution < -0.4 is 5.73 Å². The third-order valence-corrected chi connectivity index (χ3v) is 4.11. The summed E-state index contributed by atoms with van der Waals surface area (Å²) < 4.78 is 1.91. The lowest BCUT2D eigenvalue weighted by Gasteiger charge is -2.35. The summed E-state index contributed by atoms with van der Waals surface area (Å²) in [6.45, 7) is 2.85. The van der Waals surface area contributed by atoms with E-state index in [0.717, 1.165) is 38.6 Å². The number of nitrogens with zero attached hydrogens (tertiary/aromatic N) is 2. The Morgan fingerprint density at radius 3 is 2.85 bits per heavy atom. The summed E-state index contributed by atoms with van der Waals surface area (Å²) in [6.07, 6.45) is 6.10. The summed E-state index contributed by atoms with van der Waals surface area (Å²) in [5, 5.41) is 10.1. The van der Waals surface area contributed by atoms with Crippen molar-refractivity contribution >= 4 is 11.6 Å². The van der Waals surface area contributed by atoms with Gasteiger partial charge in [0.15, 0.2) is 0 Å². The van der Waals surface area contributed by atoms with Crippen molar-refractivity contribution in [2.45, 2.75) is 57.7 Å². The van der Waals surface area contributed by atoms with Crippen LogP contribution >= 0.6 is 0 Å². The molecule has 1 fully saturated rings. The van der Waals surface area contributed by atoms with Crippen LogP contribution in [0, 0.1) is 0 Å². The number of nitrogens with two attached hydrogens (primary N) is 1. The van der Waals surface area contributed by atoms with E-state index in [4.69, 9.17) is 5.73 Å². The van der Waals surface area contributed by atoms with Crippen LogP contribution in [0.15, 0.2) is 12.3 Å². The summed E-state index contributed by atoms with van der Waals surface area (Å²) in [5.74, 6) is -0.0545. The summed E-state index contributed by atoms with van der Waals surface area (Å²) in [7, 11) is 1.78. The molecule has 0 bridgehead atoms. The molecule has 2 atom stereocenters. The molecule has 2 rings (SSSR count). The molecule has 5 heteroatoms. The van der Waals surface area contributed by atoms with Gasteiger partial charge in [0.05, 0.1) is 17.8 Å². The van der Waals surface area contributed by atoms with E-state index < -0.39 is 6.10 Å². The van der Waals surface area contributed by atoms with Crippen LogP contribution in [0.25, 0.3) is 0 Å². The first-order valence-corrected chi connectivity index (χ1v) is 7.45. The molecular formula is C15H25N3O2. The number of amides is 1. The van der Waals surface area contributed by atoms with Crippen molar-refractivity contribution in [1.29, 1.82) is 0 Å². The minimum Gasteiger partial charge on any atom is -0.397 e. The van der Waals surface area contributed by atoms with Gasteiger partial charge in [0.25, 0.3) is 5.91 Å². The molecule has 3 N–H and O–H groups in total. The lowest BCUT2D eigenvalue weighted by molar-refractivity contribution is 0.0261. The van der Waals surface area contributed by atoms with Gasteiger partial charge in [-0.2, -0.15) is 0 Å². The zero-order valence-electron chi connectivity index (χ0n) is 12.4. The zero-order valence-corrected chi connectivity index (χ0v) is 12.4. The first kappa shape index (κ1) is 14.9. The van der Waals surface area contributed by atoms with Crippen LogP contribution in [0.4, 0.5) is 5.69 Å². The average Bonchev–Trinajstić information content (AvgIpc) is 2.79. The number of aliphatic hydroxyl groups is 1. The highest BCUT2D eigenvalue weighted by Gasteiger charge is 2.30. The van der Waals surface area contributed by atoms with Gasteiger partial charge in [0, 0.05) is 19.8 Å². The third-order valence-electron chi connectivity index (χ3n) is 4.11. The Morgan fingerprint density at radius 2 is 2.20 bits per heavy atom. The quantitative estimate of drug-likeness (QED) is 0.883. The standard InChI is InChI=1S/C15H25N3O2/c1-3-8-18-10-11(16)9-13(18)15(20)17(2)12-6-4-5-7-14(12)19/h9-10,12,14,19H,3-8,16H2,1-2H3. The fraction of sp³-hybridized carbons (Fsp3) is 0.667. The van der Waals surface area contributed by atoms with Crippen molar-refractivity contribution in [2.24, 2.45) is 0 Å². The van der Waals surface area contributed by atoms with E-state index in [2.05, 4.69) is 6.92 Å². The molecule has 1 aliphatic carbocycles. The molecule has 1 aromatic heterocycles. The monoisotopic (exact) mass is 279 g/mol. The van der Waals surface area contributed by atoms with Crippen LogP contribution in [0.5, 0.6) is 0 Å². The maximum Gasteiger partial charge on any atom is 0.270 e. The van der Waals surface area contributed by atoms with Crippen molar-refractivity contribution in [1.82, 2.24) is 9.47 Å². The molecule has 1 saturated carbocycles. The number of aliphatic hydroxyl groups excluding tert-OH is 1. The summed E-state index contributed by atoms with van der Waals surface area (Å²) >= 11 is 0.